The largest absolute Gasteiger partial charge is 0.327 e. The van der Waals surface area contributed by atoms with E-state index in [1.165, 1.54) is 12.8 Å². The summed E-state index contributed by atoms with van der Waals surface area (Å²) >= 11 is 0. The van der Waals surface area contributed by atoms with E-state index >= 15 is 0 Å². The van der Waals surface area contributed by atoms with Crippen LogP contribution in [0.4, 0.5) is 5.69 Å². The summed E-state index contributed by atoms with van der Waals surface area (Å²) in [6.45, 7) is 1.87. The normalized spacial score (nSPS) is 17.2. The number of anilines is 1. The molecule has 1 amide bonds. The van der Waals surface area contributed by atoms with Crippen LogP contribution in [-0.2, 0) is 11.8 Å². The molecule has 0 aliphatic heterocycles. The number of carbonyl (C=O) groups excluding carboxylic acids is 1. The summed E-state index contributed by atoms with van der Waals surface area (Å²) in [5.74, 6) is 0.538. The maximum atomic E-state index is 11.7. The van der Waals surface area contributed by atoms with Gasteiger partial charge in [0.05, 0.1) is 11.4 Å². The molecular weight excluding hydrogens is 204 g/mol. The topological polar surface area (TPSA) is 72.9 Å². The molecule has 0 aromatic carbocycles. The van der Waals surface area contributed by atoms with Crippen LogP contribution in [0.3, 0.4) is 0 Å². The maximum absolute atomic E-state index is 11.7. The first-order chi connectivity index (χ1) is 7.56. The first kappa shape index (κ1) is 11.1. The minimum absolute atomic E-state index is 0.0111. The Kier molecular flexibility index (Phi) is 2.96. The molecule has 3 N–H and O–H groups in total. The Morgan fingerprint density at radius 3 is 2.94 bits per heavy atom. The Balaban J connectivity index is 1.88. The first-order valence-corrected chi connectivity index (χ1v) is 5.62. The number of aromatic nitrogens is 2. The van der Waals surface area contributed by atoms with Gasteiger partial charge in [-0.25, -0.2) is 0 Å². The predicted molar refractivity (Wildman–Crippen MR) is 61.9 cm³/mol. The molecule has 1 aliphatic rings. The van der Waals surface area contributed by atoms with E-state index < -0.39 is 0 Å². The van der Waals surface area contributed by atoms with Gasteiger partial charge >= 0.3 is 0 Å². The van der Waals surface area contributed by atoms with Crippen LogP contribution in [0, 0.1) is 12.8 Å². The van der Waals surface area contributed by atoms with Crippen molar-refractivity contribution in [2.75, 3.05) is 5.32 Å². The van der Waals surface area contributed by atoms with Gasteiger partial charge in [0.15, 0.2) is 0 Å². The lowest BCUT2D eigenvalue weighted by Gasteiger charge is -2.09. The number of hydrogen-bond donors (Lipinski definition) is 2. The molecule has 1 heterocycles. The summed E-state index contributed by atoms with van der Waals surface area (Å²) in [6.07, 6.45) is 4.54. The highest BCUT2D eigenvalue weighted by atomic mass is 16.1. The van der Waals surface area contributed by atoms with E-state index in [2.05, 4.69) is 10.4 Å². The molecule has 1 aromatic heterocycles. The molecule has 88 valence electrons. The number of amides is 1. The zero-order valence-corrected chi connectivity index (χ0v) is 9.73. The number of nitrogens with zero attached hydrogens (tertiary/aromatic N) is 2. The smallest absolute Gasteiger partial charge is 0.226 e. The Hall–Kier alpha value is -1.36. The van der Waals surface area contributed by atoms with Crippen molar-refractivity contribution in [3.8, 4) is 0 Å². The number of aryl methyl sites for hydroxylation is 2. The van der Waals surface area contributed by atoms with Crippen molar-refractivity contribution < 1.29 is 4.79 Å². The van der Waals surface area contributed by atoms with E-state index in [-0.39, 0.29) is 11.9 Å². The maximum Gasteiger partial charge on any atom is 0.226 e. The molecule has 1 saturated carbocycles. The second kappa shape index (κ2) is 4.25. The van der Waals surface area contributed by atoms with E-state index in [9.17, 15) is 4.79 Å². The van der Waals surface area contributed by atoms with Gasteiger partial charge in [-0.2, -0.15) is 5.10 Å². The molecule has 1 aliphatic carbocycles. The average molecular weight is 222 g/mol. The van der Waals surface area contributed by atoms with E-state index in [4.69, 9.17) is 5.73 Å². The zero-order valence-electron chi connectivity index (χ0n) is 9.73. The highest BCUT2D eigenvalue weighted by molar-refractivity contribution is 5.91. The summed E-state index contributed by atoms with van der Waals surface area (Å²) in [4.78, 5) is 11.7. The quantitative estimate of drug-likeness (QED) is 0.791. The molecule has 0 saturated heterocycles. The third-order valence-electron chi connectivity index (χ3n) is 2.94. The van der Waals surface area contributed by atoms with Gasteiger partial charge in [-0.3, -0.25) is 9.48 Å². The van der Waals surface area contributed by atoms with Gasteiger partial charge in [-0.1, -0.05) is 0 Å². The zero-order chi connectivity index (χ0) is 11.7. The summed E-state index contributed by atoms with van der Waals surface area (Å²) in [7, 11) is 1.83. The average Bonchev–Trinajstić information content (AvgIpc) is 2.95. The van der Waals surface area contributed by atoms with E-state index in [1.807, 2.05) is 14.0 Å². The van der Waals surface area contributed by atoms with E-state index in [1.54, 1.807) is 10.9 Å². The van der Waals surface area contributed by atoms with Crippen LogP contribution < -0.4 is 11.1 Å². The minimum atomic E-state index is -0.0181. The Morgan fingerprint density at radius 1 is 1.75 bits per heavy atom. The van der Waals surface area contributed by atoms with Crippen LogP contribution in [0.2, 0.25) is 0 Å². The number of nitrogens with two attached hydrogens (primary N) is 1. The Labute approximate surface area is 95.0 Å². The van der Waals surface area contributed by atoms with Gasteiger partial charge in [0.25, 0.3) is 0 Å². The van der Waals surface area contributed by atoms with Crippen molar-refractivity contribution in [3.63, 3.8) is 0 Å². The molecule has 1 aromatic rings. The van der Waals surface area contributed by atoms with Crippen molar-refractivity contribution in [1.29, 1.82) is 0 Å². The molecule has 1 atom stereocenters. The SMILES string of the molecule is Cc1nn(C)cc1NC(=O)CC(N)C1CC1. The molecular formula is C11H18N4O. The lowest BCUT2D eigenvalue weighted by molar-refractivity contribution is -0.116. The minimum Gasteiger partial charge on any atom is -0.327 e. The summed E-state index contributed by atoms with van der Waals surface area (Å²) < 4.78 is 1.69. The van der Waals surface area contributed by atoms with Crippen molar-refractivity contribution >= 4 is 11.6 Å². The lowest BCUT2D eigenvalue weighted by atomic mass is 10.1. The van der Waals surface area contributed by atoms with Crippen molar-refractivity contribution in [2.45, 2.75) is 32.2 Å². The second-order valence-corrected chi connectivity index (χ2v) is 4.56. The highest BCUT2D eigenvalue weighted by Crippen LogP contribution is 2.32. The molecule has 0 bridgehead atoms. The van der Waals surface area contributed by atoms with Crippen molar-refractivity contribution in [1.82, 2.24) is 9.78 Å². The Morgan fingerprint density at radius 2 is 2.44 bits per heavy atom. The fourth-order valence-corrected chi connectivity index (χ4v) is 1.83. The third-order valence-corrected chi connectivity index (χ3v) is 2.94. The molecule has 1 fully saturated rings. The van der Waals surface area contributed by atoms with Gasteiger partial charge in [0.1, 0.15) is 0 Å². The molecule has 5 heteroatoms. The number of rotatable bonds is 4. The van der Waals surface area contributed by atoms with Crippen LogP contribution >= 0.6 is 0 Å². The van der Waals surface area contributed by atoms with Gasteiger partial charge in [0, 0.05) is 25.7 Å². The van der Waals surface area contributed by atoms with Crippen molar-refractivity contribution in [2.24, 2.45) is 18.7 Å². The van der Waals surface area contributed by atoms with E-state index in [0.717, 1.165) is 11.4 Å². The second-order valence-electron chi connectivity index (χ2n) is 4.56. The van der Waals surface area contributed by atoms with Crippen LogP contribution in [0.25, 0.3) is 0 Å². The molecule has 2 rings (SSSR count). The monoisotopic (exact) mass is 222 g/mol. The Bertz CT molecular complexity index is 395. The molecule has 5 nitrogen and oxygen atoms in total. The van der Waals surface area contributed by atoms with Crippen molar-refractivity contribution in [3.05, 3.63) is 11.9 Å². The predicted octanol–water partition coefficient (Wildman–Crippen LogP) is 0.794. The molecule has 16 heavy (non-hydrogen) atoms. The van der Waals surface area contributed by atoms with Gasteiger partial charge < -0.3 is 11.1 Å². The summed E-state index contributed by atoms with van der Waals surface area (Å²) in [6, 6.07) is 0.0111. The summed E-state index contributed by atoms with van der Waals surface area (Å²) in [5.41, 5.74) is 7.50. The lowest BCUT2D eigenvalue weighted by Crippen LogP contribution is -2.28. The molecule has 1 unspecified atom stereocenters. The third kappa shape index (κ3) is 2.61. The van der Waals surface area contributed by atoms with Gasteiger partial charge in [0.2, 0.25) is 5.91 Å². The highest BCUT2D eigenvalue weighted by Gasteiger charge is 2.29. The number of hydrogen-bond acceptors (Lipinski definition) is 3. The number of carbonyl (C=O) groups is 1. The van der Waals surface area contributed by atoms with Gasteiger partial charge in [-0.15, -0.1) is 0 Å². The van der Waals surface area contributed by atoms with Gasteiger partial charge in [-0.05, 0) is 25.7 Å². The van der Waals surface area contributed by atoms with E-state index in [0.29, 0.717) is 12.3 Å². The van der Waals surface area contributed by atoms with Crippen LogP contribution in [0.5, 0.6) is 0 Å². The summed E-state index contributed by atoms with van der Waals surface area (Å²) in [5, 5.41) is 7.00. The van der Waals surface area contributed by atoms with Crippen LogP contribution in [0.1, 0.15) is 25.0 Å². The molecule has 0 radical (unpaired) electrons. The fourth-order valence-electron chi connectivity index (χ4n) is 1.83. The van der Waals surface area contributed by atoms with Crippen LogP contribution in [-0.4, -0.2) is 21.7 Å². The molecule has 0 spiro atoms. The fraction of sp³-hybridized carbons (Fsp3) is 0.636. The standard InChI is InChI=1S/C11H18N4O/c1-7-10(6-15(2)14-7)13-11(16)5-9(12)8-3-4-8/h6,8-9H,3-5,12H2,1-2H3,(H,13,16). The first-order valence-electron chi connectivity index (χ1n) is 5.62. The van der Waals surface area contributed by atoms with Crippen LogP contribution in [0.15, 0.2) is 6.20 Å². The number of nitrogens with one attached hydrogen (secondary N) is 1.